The summed E-state index contributed by atoms with van der Waals surface area (Å²) in [6.07, 6.45) is 12.8. The maximum Gasteiger partial charge on any atom is 0.347 e. The highest BCUT2D eigenvalue weighted by Gasteiger charge is 2.32. The molecule has 0 spiro atoms. The topological polar surface area (TPSA) is 44.8 Å². The minimum Gasteiger partial charge on any atom is -0.491 e. The average Bonchev–Trinajstić information content (AvgIpc) is 2.59. The fourth-order valence-corrected chi connectivity index (χ4v) is 2.99. The standard InChI is InChI=1S/C21H34O4/c1-6-19(24-16(3)4)15-11-12-17(5)25-20(21(22)23-7-2)18-13-9-8-10-14-18/h6,11-12,15-16,18,20H,7-10,13-14H2,1-5H3/b15-11-,17-12+,19-6+. The minimum atomic E-state index is -0.502. The van der Waals surface area contributed by atoms with Crippen LogP contribution >= 0.6 is 0 Å². The largest absolute Gasteiger partial charge is 0.491 e. The van der Waals surface area contributed by atoms with Gasteiger partial charge in [0.1, 0.15) is 5.76 Å². The molecule has 1 rings (SSSR count). The lowest BCUT2D eigenvalue weighted by Gasteiger charge is -2.29. The summed E-state index contributed by atoms with van der Waals surface area (Å²) in [7, 11) is 0. The number of carbonyl (C=O) groups excluding carboxylic acids is 1. The Morgan fingerprint density at radius 3 is 2.40 bits per heavy atom. The van der Waals surface area contributed by atoms with Crippen LogP contribution in [0.3, 0.4) is 0 Å². The summed E-state index contributed by atoms with van der Waals surface area (Å²) < 4.78 is 16.9. The van der Waals surface area contributed by atoms with Crippen molar-refractivity contribution in [1.29, 1.82) is 0 Å². The summed E-state index contributed by atoms with van der Waals surface area (Å²) in [5, 5.41) is 0. The monoisotopic (exact) mass is 350 g/mol. The number of esters is 1. The van der Waals surface area contributed by atoms with E-state index in [1.165, 1.54) is 6.42 Å². The molecule has 0 N–H and O–H groups in total. The van der Waals surface area contributed by atoms with Gasteiger partial charge in [0.2, 0.25) is 0 Å². The zero-order chi connectivity index (χ0) is 18.7. The molecule has 1 unspecified atom stereocenters. The van der Waals surface area contributed by atoms with Gasteiger partial charge in [-0.3, -0.25) is 0 Å². The van der Waals surface area contributed by atoms with Gasteiger partial charge in [0.25, 0.3) is 0 Å². The first kappa shape index (κ1) is 21.3. The summed E-state index contributed by atoms with van der Waals surface area (Å²) in [4.78, 5) is 12.3. The molecule has 0 aliphatic heterocycles. The van der Waals surface area contributed by atoms with E-state index in [9.17, 15) is 4.79 Å². The molecule has 1 fully saturated rings. The molecule has 1 saturated carbocycles. The number of ether oxygens (including phenoxy) is 3. The Labute approximate surface area is 152 Å². The fraction of sp³-hybridized carbons (Fsp3) is 0.667. The third-order valence-corrected chi connectivity index (χ3v) is 4.16. The molecular weight excluding hydrogens is 316 g/mol. The van der Waals surface area contributed by atoms with Crippen molar-refractivity contribution in [2.24, 2.45) is 5.92 Å². The maximum absolute atomic E-state index is 12.3. The molecule has 4 heteroatoms. The van der Waals surface area contributed by atoms with Crippen LogP contribution in [0.1, 0.15) is 66.7 Å². The quantitative estimate of drug-likeness (QED) is 0.321. The van der Waals surface area contributed by atoms with Crippen molar-refractivity contribution in [3.63, 3.8) is 0 Å². The normalized spacial score (nSPS) is 18.5. The molecule has 1 aliphatic carbocycles. The van der Waals surface area contributed by atoms with Crippen molar-refractivity contribution in [2.45, 2.75) is 78.9 Å². The lowest BCUT2D eigenvalue weighted by Crippen LogP contribution is -2.35. The Morgan fingerprint density at radius 2 is 1.84 bits per heavy atom. The molecule has 0 aromatic carbocycles. The predicted molar refractivity (Wildman–Crippen MR) is 101 cm³/mol. The fourth-order valence-electron chi connectivity index (χ4n) is 2.99. The van der Waals surface area contributed by atoms with E-state index in [4.69, 9.17) is 14.2 Å². The first-order valence-corrected chi connectivity index (χ1v) is 9.49. The molecule has 0 saturated heterocycles. The highest BCUT2D eigenvalue weighted by atomic mass is 16.6. The van der Waals surface area contributed by atoms with Gasteiger partial charge in [-0.2, -0.15) is 0 Å². The first-order chi connectivity index (χ1) is 12.0. The van der Waals surface area contributed by atoms with E-state index < -0.39 is 6.10 Å². The van der Waals surface area contributed by atoms with Crippen molar-refractivity contribution in [3.8, 4) is 0 Å². The molecule has 1 aliphatic rings. The van der Waals surface area contributed by atoms with Crippen molar-refractivity contribution in [1.82, 2.24) is 0 Å². The number of rotatable bonds is 9. The van der Waals surface area contributed by atoms with E-state index in [0.717, 1.165) is 31.4 Å². The van der Waals surface area contributed by atoms with E-state index in [-0.39, 0.29) is 18.0 Å². The molecule has 0 bridgehead atoms. The Balaban J connectivity index is 2.72. The lowest BCUT2D eigenvalue weighted by molar-refractivity contribution is -0.158. The summed E-state index contributed by atoms with van der Waals surface area (Å²) in [5.41, 5.74) is 0. The first-order valence-electron chi connectivity index (χ1n) is 9.49. The van der Waals surface area contributed by atoms with E-state index in [1.807, 2.05) is 58.9 Å². The second-order valence-corrected chi connectivity index (χ2v) is 6.68. The van der Waals surface area contributed by atoms with Crippen molar-refractivity contribution < 1.29 is 19.0 Å². The van der Waals surface area contributed by atoms with Crippen molar-refractivity contribution in [2.75, 3.05) is 6.61 Å². The Kier molecular flexibility index (Phi) is 10.0. The molecule has 1 atom stereocenters. The van der Waals surface area contributed by atoms with Crippen LogP contribution in [0.5, 0.6) is 0 Å². The van der Waals surface area contributed by atoms with E-state index in [0.29, 0.717) is 12.4 Å². The molecule has 0 heterocycles. The number of carbonyl (C=O) groups is 1. The van der Waals surface area contributed by atoms with Crippen LogP contribution in [0.2, 0.25) is 0 Å². The SMILES string of the molecule is C\C=C(/C=C\C=C(/C)OC(C(=O)OCC)C1CCCCC1)OC(C)C. The molecule has 0 aromatic rings. The van der Waals surface area contributed by atoms with Crippen LogP contribution in [0.15, 0.2) is 35.8 Å². The number of hydrogen-bond donors (Lipinski definition) is 0. The Bertz CT molecular complexity index is 482. The molecule has 25 heavy (non-hydrogen) atoms. The molecule has 0 amide bonds. The van der Waals surface area contributed by atoms with Gasteiger partial charge in [-0.25, -0.2) is 4.79 Å². The summed E-state index contributed by atoms with van der Waals surface area (Å²) in [5.74, 6) is 1.52. The molecular formula is C21H34O4. The van der Waals surface area contributed by atoms with Crippen LogP contribution < -0.4 is 0 Å². The van der Waals surface area contributed by atoms with Gasteiger partial charge in [-0.05, 0) is 65.7 Å². The highest BCUT2D eigenvalue weighted by Crippen LogP contribution is 2.29. The van der Waals surface area contributed by atoms with Crippen LogP contribution in [0.4, 0.5) is 0 Å². The average molecular weight is 350 g/mol. The van der Waals surface area contributed by atoms with Crippen molar-refractivity contribution >= 4 is 5.97 Å². The highest BCUT2D eigenvalue weighted by molar-refractivity contribution is 5.75. The van der Waals surface area contributed by atoms with Gasteiger partial charge in [0.15, 0.2) is 6.10 Å². The summed E-state index contributed by atoms with van der Waals surface area (Å²) in [6.45, 7) is 10.0. The van der Waals surface area contributed by atoms with Gasteiger partial charge in [0, 0.05) is 5.92 Å². The third-order valence-electron chi connectivity index (χ3n) is 4.16. The zero-order valence-corrected chi connectivity index (χ0v) is 16.4. The van der Waals surface area contributed by atoms with Crippen LogP contribution in [0.25, 0.3) is 0 Å². The van der Waals surface area contributed by atoms with Crippen LogP contribution in [0, 0.1) is 5.92 Å². The lowest BCUT2D eigenvalue weighted by atomic mass is 9.85. The zero-order valence-electron chi connectivity index (χ0n) is 16.4. The number of allylic oxidation sites excluding steroid dienone is 5. The molecule has 0 radical (unpaired) electrons. The summed E-state index contributed by atoms with van der Waals surface area (Å²) >= 11 is 0. The Hall–Kier alpha value is -1.71. The smallest absolute Gasteiger partial charge is 0.347 e. The second-order valence-electron chi connectivity index (χ2n) is 6.68. The minimum absolute atomic E-state index is 0.136. The van der Waals surface area contributed by atoms with E-state index >= 15 is 0 Å². The van der Waals surface area contributed by atoms with Crippen molar-refractivity contribution in [3.05, 3.63) is 35.8 Å². The van der Waals surface area contributed by atoms with Crippen LogP contribution in [-0.2, 0) is 19.0 Å². The van der Waals surface area contributed by atoms with Gasteiger partial charge in [-0.15, -0.1) is 0 Å². The second kappa shape index (κ2) is 11.8. The van der Waals surface area contributed by atoms with E-state index in [2.05, 4.69) is 0 Å². The molecule has 0 aromatic heterocycles. The van der Waals surface area contributed by atoms with Crippen LogP contribution in [-0.4, -0.2) is 24.8 Å². The third kappa shape index (κ3) is 8.28. The van der Waals surface area contributed by atoms with E-state index in [1.54, 1.807) is 0 Å². The maximum atomic E-state index is 12.3. The van der Waals surface area contributed by atoms with Gasteiger partial charge >= 0.3 is 5.97 Å². The Morgan fingerprint density at radius 1 is 1.16 bits per heavy atom. The predicted octanol–water partition coefficient (Wildman–Crippen LogP) is 5.30. The van der Waals surface area contributed by atoms with Gasteiger partial charge in [-0.1, -0.05) is 25.3 Å². The summed E-state index contributed by atoms with van der Waals surface area (Å²) in [6, 6.07) is 0. The molecule has 142 valence electrons. The van der Waals surface area contributed by atoms with Gasteiger partial charge in [0.05, 0.1) is 18.5 Å². The van der Waals surface area contributed by atoms with Gasteiger partial charge < -0.3 is 14.2 Å². The number of hydrogen-bond acceptors (Lipinski definition) is 4. The molecule has 4 nitrogen and oxygen atoms in total.